The van der Waals surface area contributed by atoms with Gasteiger partial charge in [0.2, 0.25) is 0 Å². The Hall–Kier alpha value is -1.44. The van der Waals surface area contributed by atoms with Crippen LogP contribution in [0, 0.1) is 5.82 Å². The lowest BCUT2D eigenvalue weighted by Crippen LogP contribution is -2.33. The number of hydrogen-bond donors (Lipinski definition) is 2. The van der Waals surface area contributed by atoms with E-state index >= 15 is 0 Å². The highest BCUT2D eigenvalue weighted by atomic mass is 32.2. The number of thiocarbonyl (C=S) groups is 1. The molecule has 148 valence electrons. The second kappa shape index (κ2) is 11.4. The van der Waals surface area contributed by atoms with Crippen molar-refractivity contribution in [3.63, 3.8) is 0 Å². The number of carboxylic acids is 1. The van der Waals surface area contributed by atoms with Crippen molar-refractivity contribution in [3.8, 4) is 0 Å². The predicted octanol–water partition coefficient (Wildman–Crippen LogP) is 3.68. The van der Waals surface area contributed by atoms with Crippen molar-refractivity contribution in [1.29, 1.82) is 0 Å². The summed E-state index contributed by atoms with van der Waals surface area (Å²) in [6.07, 6.45) is 6.38. The van der Waals surface area contributed by atoms with Gasteiger partial charge in [0.05, 0.1) is 11.1 Å². The molecule has 0 aliphatic carbocycles. The highest BCUT2D eigenvalue weighted by Gasteiger charge is 2.25. The minimum Gasteiger partial charge on any atom is -0.481 e. The zero-order valence-corrected chi connectivity index (χ0v) is 16.9. The molecule has 1 heterocycles. The Bertz CT molecular complexity index is 651. The van der Waals surface area contributed by atoms with Crippen LogP contribution in [0.15, 0.2) is 36.4 Å². The van der Waals surface area contributed by atoms with Crippen molar-refractivity contribution in [2.24, 2.45) is 0 Å². The molecule has 0 spiro atoms. The molecule has 1 aliphatic rings. The number of aliphatic carboxylic acids is 1. The third-order valence-corrected chi connectivity index (χ3v) is 5.93. The summed E-state index contributed by atoms with van der Waals surface area (Å²) < 4.78 is 12.9. The van der Waals surface area contributed by atoms with Crippen LogP contribution in [0.3, 0.4) is 0 Å². The van der Waals surface area contributed by atoms with Gasteiger partial charge in [-0.1, -0.05) is 36.5 Å². The van der Waals surface area contributed by atoms with E-state index in [-0.39, 0.29) is 18.3 Å². The van der Waals surface area contributed by atoms with Gasteiger partial charge in [0.1, 0.15) is 5.82 Å². The lowest BCUT2D eigenvalue weighted by Gasteiger charge is -2.24. The third-order valence-electron chi connectivity index (χ3n) is 4.44. The average molecular weight is 412 g/mol. The van der Waals surface area contributed by atoms with Gasteiger partial charge >= 0.3 is 5.97 Å². The minimum absolute atomic E-state index is 0.194. The van der Waals surface area contributed by atoms with Crippen LogP contribution in [0.5, 0.6) is 0 Å². The van der Waals surface area contributed by atoms with Crippen LogP contribution in [0.25, 0.3) is 0 Å². The molecule has 1 aliphatic heterocycles. The number of carbonyl (C=O) groups is 1. The number of rotatable bonds is 11. The summed E-state index contributed by atoms with van der Waals surface area (Å²) in [6, 6.07) is 6.37. The van der Waals surface area contributed by atoms with Crippen LogP contribution in [-0.4, -0.2) is 56.3 Å². The number of carboxylic acid groups (broad SMARTS) is 1. The zero-order valence-electron chi connectivity index (χ0n) is 15.2. The van der Waals surface area contributed by atoms with Gasteiger partial charge < -0.3 is 15.1 Å². The highest BCUT2D eigenvalue weighted by molar-refractivity contribution is 7.99. The normalized spacial score (nSPS) is 18.4. The number of hydrogen-bond acceptors (Lipinski definition) is 4. The van der Waals surface area contributed by atoms with E-state index in [0.29, 0.717) is 12.8 Å². The molecule has 1 aromatic carbocycles. The third kappa shape index (κ3) is 7.99. The van der Waals surface area contributed by atoms with Crippen molar-refractivity contribution in [3.05, 3.63) is 47.8 Å². The quantitative estimate of drug-likeness (QED) is 0.329. The molecule has 0 saturated carbocycles. The fourth-order valence-corrected chi connectivity index (χ4v) is 4.25. The van der Waals surface area contributed by atoms with Crippen LogP contribution in [0.4, 0.5) is 4.39 Å². The van der Waals surface area contributed by atoms with E-state index in [9.17, 15) is 14.3 Å². The lowest BCUT2D eigenvalue weighted by atomic mass is 10.1. The van der Waals surface area contributed by atoms with Gasteiger partial charge in [0.15, 0.2) is 0 Å². The smallest absolute Gasteiger partial charge is 0.303 e. The monoisotopic (exact) mass is 411 g/mol. The van der Waals surface area contributed by atoms with E-state index in [1.165, 1.54) is 12.1 Å². The number of halogens is 1. The standard InChI is InChI=1S/C20H26FNO3S2/c21-16-5-3-15(4-6-16)14-18(23)9-7-17-8-10-19(26)22(17)11-13-27-12-1-2-20(24)25/h3-7,9,17-18,23H,1-2,8,10-14H2,(H,24,25)/b9-7+/t17-,18+/m0/s1. The van der Waals surface area contributed by atoms with Gasteiger partial charge in [0.25, 0.3) is 0 Å². The molecule has 0 amide bonds. The Labute approximate surface area is 169 Å². The van der Waals surface area contributed by atoms with E-state index < -0.39 is 12.1 Å². The zero-order chi connectivity index (χ0) is 19.6. The van der Waals surface area contributed by atoms with E-state index in [1.54, 1.807) is 30.0 Å². The van der Waals surface area contributed by atoms with Crippen LogP contribution in [0.2, 0.25) is 0 Å². The molecule has 2 atom stereocenters. The molecule has 2 N–H and O–H groups in total. The van der Waals surface area contributed by atoms with Crippen LogP contribution in [0.1, 0.15) is 31.2 Å². The van der Waals surface area contributed by atoms with E-state index in [2.05, 4.69) is 4.90 Å². The first-order valence-electron chi connectivity index (χ1n) is 9.15. The van der Waals surface area contributed by atoms with Crippen molar-refractivity contribution in [2.75, 3.05) is 18.1 Å². The van der Waals surface area contributed by atoms with Crippen molar-refractivity contribution >= 4 is 34.9 Å². The molecule has 0 radical (unpaired) electrons. The molecule has 1 saturated heterocycles. The Morgan fingerprint density at radius 2 is 2.11 bits per heavy atom. The largest absolute Gasteiger partial charge is 0.481 e. The molecule has 2 rings (SSSR count). The van der Waals surface area contributed by atoms with Gasteiger partial charge in [0, 0.05) is 37.6 Å². The summed E-state index contributed by atoms with van der Waals surface area (Å²) in [7, 11) is 0. The number of aliphatic hydroxyl groups is 1. The van der Waals surface area contributed by atoms with Gasteiger partial charge in [-0.15, -0.1) is 0 Å². The van der Waals surface area contributed by atoms with Gasteiger partial charge in [-0.2, -0.15) is 11.8 Å². The molecule has 0 aromatic heterocycles. The molecule has 0 bridgehead atoms. The first-order chi connectivity index (χ1) is 13.0. The van der Waals surface area contributed by atoms with E-state index in [1.807, 2.05) is 6.08 Å². The molecular weight excluding hydrogens is 385 g/mol. The summed E-state index contributed by atoms with van der Waals surface area (Å²) in [5.74, 6) is 0.715. The van der Waals surface area contributed by atoms with Gasteiger partial charge in [-0.25, -0.2) is 4.39 Å². The summed E-state index contributed by atoms with van der Waals surface area (Å²) in [6.45, 7) is 0.833. The number of benzene rings is 1. The number of thioether (sulfide) groups is 1. The summed E-state index contributed by atoms with van der Waals surface area (Å²) in [5, 5.41) is 18.9. The fraction of sp³-hybridized carbons (Fsp3) is 0.500. The summed E-state index contributed by atoms with van der Waals surface area (Å²) in [5.41, 5.74) is 0.894. The second-order valence-corrected chi connectivity index (χ2v) is 8.28. The maximum absolute atomic E-state index is 12.9. The topological polar surface area (TPSA) is 60.8 Å². The Morgan fingerprint density at radius 1 is 1.37 bits per heavy atom. The average Bonchev–Trinajstić information content (AvgIpc) is 2.98. The van der Waals surface area contributed by atoms with Gasteiger partial charge in [-0.05, 0) is 36.3 Å². The molecule has 1 aromatic rings. The molecule has 7 heteroatoms. The molecule has 27 heavy (non-hydrogen) atoms. The molecule has 0 unspecified atom stereocenters. The Morgan fingerprint density at radius 3 is 2.81 bits per heavy atom. The second-order valence-electron chi connectivity index (χ2n) is 6.59. The lowest BCUT2D eigenvalue weighted by molar-refractivity contribution is -0.137. The van der Waals surface area contributed by atoms with E-state index in [4.69, 9.17) is 17.3 Å². The Balaban J connectivity index is 1.76. The van der Waals surface area contributed by atoms with Crippen molar-refractivity contribution < 1.29 is 19.4 Å². The first-order valence-corrected chi connectivity index (χ1v) is 10.7. The fourth-order valence-electron chi connectivity index (χ4n) is 3.02. The van der Waals surface area contributed by atoms with Gasteiger partial charge in [-0.3, -0.25) is 4.79 Å². The molecule has 1 fully saturated rings. The predicted molar refractivity (Wildman–Crippen MR) is 112 cm³/mol. The number of likely N-dealkylation sites (tertiary alicyclic amines) is 1. The maximum atomic E-state index is 12.9. The van der Waals surface area contributed by atoms with Crippen LogP contribution >= 0.6 is 24.0 Å². The highest BCUT2D eigenvalue weighted by Crippen LogP contribution is 2.22. The summed E-state index contributed by atoms with van der Waals surface area (Å²) in [4.78, 5) is 13.6. The Kier molecular flexibility index (Phi) is 9.24. The van der Waals surface area contributed by atoms with Crippen molar-refractivity contribution in [1.82, 2.24) is 4.90 Å². The minimum atomic E-state index is -0.749. The van der Waals surface area contributed by atoms with Crippen LogP contribution in [-0.2, 0) is 11.2 Å². The van der Waals surface area contributed by atoms with Crippen molar-refractivity contribution in [2.45, 2.75) is 44.2 Å². The SMILES string of the molecule is O=C(O)CCCSCCN1C(=S)CC[C@@H]1/C=C/[C@@H](O)Cc1ccc(F)cc1. The molecular formula is C20H26FNO3S2. The molecule has 4 nitrogen and oxygen atoms in total. The van der Waals surface area contributed by atoms with E-state index in [0.717, 1.165) is 41.4 Å². The first kappa shape index (κ1) is 21.9. The number of aliphatic hydroxyl groups excluding tert-OH is 1. The number of nitrogens with zero attached hydrogens (tertiary/aromatic N) is 1. The summed E-state index contributed by atoms with van der Waals surface area (Å²) >= 11 is 7.20. The maximum Gasteiger partial charge on any atom is 0.303 e. The van der Waals surface area contributed by atoms with Crippen LogP contribution < -0.4 is 0 Å².